The second-order valence-electron chi connectivity index (χ2n) is 7.97. The molecule has 1 aliphatic heterocycles. The quantitative estimate of drug-likeness (QED) is 0.366. The summed E-state index contributed by atoms with van der Waals surface area (Å²) >= 11 is 0. The summed E-state index contributed by atoms with van der Waals surface area (Å²) in [6.45, 7) is 1.77. The number of rotatable bonds is 8. The highest BCUT2D eigenvalue weighted by Gasteiger charge is 2.45. The summed E-state index contributed by atoms with van der Waals surface area (Å²) in [6, 6.07) is 16.7. The minimum Gasteiger partial charge on any atom is -0.447 e. The molecule has 178 valence electrons. The van der Waals surface area contributed by atoms with E-state index in [2.05, 4.69) is 9.97 Å². The van der Waals surface area contributed by atoms with Crippen molar-refractivity contribution in [2.75, 3.05) is 4.90 Å². The van der Waals surface area contributed by atoms with Gasteiger partial charge in [0.1, 0.15) is 6.04 Å². The topological polar surface area (TPSA) is 110 Å². The lowest BCUT2D eigenvalue weighted by molar-refractivity contribution is -0.147. The van der Waals surface area contributed by atoms with Crippen LogP contribution in [0.4, 0.5) is 5.69 Å². The molecule has 0 N–H and O–H groups in total. The maximum atomic E-state index is 13.7. The fourth-order valence-electron chi connectivity index (χ4n) is 3.92. The Balaban J connectivity index is 1.62. The van der Waals surface area contributed by atoms with Crippen molar-refractivity contribution in [2.24, 2.45) is 0 Å². The summed E-state index contributed by atoms with van der Waals surface area (Å²) in [7, 11) is 0. The van der Waals surface area contributed by atoms with Gasteiger partial charge in [0.05, 0.1) is 18.3 Å². The number of ether oxygens (including phenoxy) is 1. The molecule has 1 aromatic heterocycles. The van der Waals surface area contributed by atoms with Crippen LogP contribution in [-0.4, -0.2) is 50.7 Å². The molecular weight excluding hydrogens is 448 g/mol. The minimum absolute atomic E-state index is 0.0317. The summed E-state index contributed by atoms with van der Waals surface area (Å²) in [6.07, 6.45) is 2.86. The molecule has 35 heavy (non-hydrogen) atoms. The number of nitrogens with zero attached hydrogens (tertiary/aromatic N) is 4. The van der Waals surface area contributed by atoms with Crippen molar-refractivity contribution in [3.63, 3.8) is 0 Å². The van der Waals surface area contributed by atoms with Gasteiger partial charge in [0.2, 0.25) is 5.91 Å². The molecule has 3 aromatic rings. The Kier molecular flexibility index (Phi) is 7.25. The number of carbonyl (C=O) groups is 4. The van der Waals surface area contributed by atoms with Gasteiger partial charge in [-0.25, -0.2) is 14.7 Å². The van der Waals surface area contributed by atoms with Gasteiger partial charge in [-0.3, -0.25) is 19.4 Å². The molecule has 1 aliphatic rings. The van der Waals surface area contributed by atoms with E-state index in [1.807, 2.05) is 30.3 Å². The van der Waals surface area contributed by atoms with E-state index in [9.17, 15) is 19.2 Å². The molecule has 3 amide bonds. The van der Waals surface area contributed by atoms with E-state index in [0.29, 0.717) is 5.69 Å². The molecule has 1 saturated heterocycles. The lowest BCUT2D eigenvalue weighted by Gasteiger charge is -2.30. The molecule has 0 bridgehead atoms. The Labute approximate surface area is 202 Å². The number of esters is 1. The number of anilines is 1. The predicted octanol–water partition coefficient (Wildman–Crippen LogP) is 2.77. The Hall–Kier alpha value is -4.40. The number of amides is 3. The number of para-hydroxylation sites is 1. The van der Waals surface area contributed by atoms with Crippen molar-refractivity contribution in [3.8, 4) is 0 Å². The monoisotopic (exact) mass is 472 g/mol. The van der Waals surface area contributed by atoms with E-state index < -0.39 is 35.8 Å². The van der Waals surface area contributed by atoms with E-state index in [4.69, 9.17) is 4.74 Å². The lowest BCUT2D eigenvalue weighted by Crippen LogP contribution is -2.49. The van der Waals surface area contributed by atoms with Crippen molar-refractivity contribution in [2.45, 2.75) is 38.5 Å². The van der Waals surface area contributed by atoms with E-state index in [1.54, 1.807) is 37.3 Å². The third-order valence-electron chi connectivity index (χ3n) is 5.66. The molecule has 0 radical (unpaired) electrons. The van der Waals surface area contributed by atoms with E-state index in [0.717, 1.165) is 10.5 Å². The zero-order chi connectivity index (χ0) is 24.8. The molecule has 4 rings (SSSR count). The van der Waals surface area contributed by atoms with E-state index in [-0.39, 0.29) is 25.1 Å². The van der Waals surface area contributed by atoms with Crippen molar-refractivity contribution in [3.05, 3.63) is 90.5 Å². The van der Waals surface area contributed by atoms with Gasteiger partial charge in [-0.1, -0.05) is 55.5 Å². The number of benzene rings is 2. The number of hydrogen-bond acceptors (Lipinski definition) is 7. The number of carbonyl (C=O) groups excluding carboxylic acids is 4. The molecule has 0 saturated carbocycles. The zero-order valence-corrected chi connectivity index (χ0v) is 19.1. The maximum absolute atomic E-state index is 13.7. The molecule has 9 nitrogen and oxygen atoms in total. The van der Waals surface area contributed by atoms with Gasteiger partial charge < -0.3 is 9.64 Å². The second kappa shape index (κ2) is 10.7. The first kappa shape index (κ1) is 23.7. The van der Waals surface area contributed by atoms with Crippen LogP contribution < -0.4 is 4.90 Å². The first-order chi connectivity index (χ1) is 17.0. The van der Waals surface area contributed by atoms with Crippen LogP contribution in [0.5, 0.6) is 0 Å². The largest absolute Gasteiger partial charge is 0.447 e. The van der Waals surface area contributed by atoms with E-state index >= 15 is 0 Å². The Bertz CT molecular complexity index is 1200. The fourth-order valence-corrected chi connectivity index (χ4v) is 3.92. The van der Waals surface area contributed by atoms with Crippen LogP contribution in [-0.2, 0) is 25.7 Å². The molecule has 0 aliphatic carbocycles. The second-order valence-corrected chi connectivity index (χ2v) is 7.97. The molecule has 2 heterocycles. The van der Waals surface area contributed by atoms with Gasteiger partial charge >= 0.3 is 5.97 Å². The Morgan fingerprint density at radius 2 is 1.74 bits per heavy atom. The molecule has 2 atom stereocenters. The van der Waals surface area contributed by atoms with Crippen LogP contribution in [0, 0.1) is 0 Å². The van der Waals surface area contributed by atoms with Crippen LogP contribution in [0.1, 0.15) is 35.8 Å². The zero-order valence-electron chi connectivity index (χ0n) is 19.1. The van der Waals surface area contributed by atoms with Gasteiger partial charge in [0.15, 0.2) is 11.8 Å². The summed E-state index contributed by atoms with van der Waals surface area (Å²) in [4.78, 5) is 62.6. The standard InChI is InChI=1S/C26H24N4O5/c1-2-22(35-26(34)20-16-27-13-14-28-20)25(33)29(17-18-9-5-3-6-10-18)21-15-23(31)30(24(21)32)19-11-7-4-8-12-19/h3-14,16,21-22H,2,15,17H2,1H3. The third kappa shape index (κ3) is 5.24. The molecule has 1 fully saturated rings. The highest BCUT2D eigenvalue weighted by Crippen LogP contribution is 2.27. The summed E-state index contributed by atoms with van der Waals surface area (Å²) in [5, 5.41) is 0. The van der Waals surface area contributed by atoms with Crippen molar-refractivity contribution in [1.29, 1.82) is 0 Å². The summed E-state index contributed by atoms with van der Waals surface area (Å²) in [5.41, 5.74) is 1.18. The highest BCUT2D eigenvalue weighted by molar-refractivity contribution is 6.23. The average molecular weight is 473 g/mol. The Morgan fingerprint density at radius 1 is 1.06 bits per heavy atom. The first-order valence-corrected chi connectivity index (χ1v) is 11.2. The van der Waals surface area contributed by atoms with Gasteiger partial charge in [0, 0.05) is 18.9 Å². The van der Waals surface area contributed by atoms with Crippen LogP contribution >= 0.6 is 0 Å². The normalized spacial score (nSPS) is 16.1. The number of hydrogen-bond donors (Lipinski definition) is 0. The third-order valence-corrected chi connectivity index (χ3v) is 5.66. The van der Waals surface area contributed by atoms with Gasteiger partial charge in [0.25, 0.3) is 11.8 Å². The molecule has 2 unspecified atom stereocenters. The minimum atomic E-state index is -1.16. The summed E-state index contributed by atoms with van der Waals surface area (Å²) < 4.78 is 5.46. The smallest absolute Gasteiger partial charge is 0.359 e. The predicted molar refractivity (Wildman–Crippen MR) is 126 cm³/mol. The summed E-state index contributed by atoms with van der Waals surface area (Å²) in [5.74, 6) is -2.25. The van der Waals surface area contributed by atoms with Crippen LogP contribution in [0.3, 0.4) is 0 Å². The Morgan fingerprint density at radius 3 is 2.37 bits per heavy atom. The van der Waals surface area contributed by atoms with Gasteiger partial charge in [-0.2, -0.15) is 0 Å². The molecule has 2 aromatic carbocycles. The average Bonchev–Trinajstić information content (AvgIpc) is 3.20. The van der Waals surface area contributed by atoms with Gasteiger partial charge in [-0.15, -0.1) is 0 Å². The lowest BCUT2D eigenvalue weighted by atomic mass is 10.1. The molecule has 9 heteroatoms. The number of aromatic nitrogens is 2. The van der Waals surface area contributed by atoms with Crippen LogP contribution in [0.15, 0.2) is 79.3 Å². The molecular formula is C26H24N4O5. The van der Waals surface area contributed by atoms with Gasteiger partial charge in [-0.05, 0) is 24.1 Å². The van der Waals surface area contributed by atoms with Crippen molar-refractivity contribution < 1.29 is 23.9 Å². The number of imide groups is 1. The van der Waals surface area contributed by atoms with Crippen molar-refractivity contribution in [1.82, 2.24) is 14.9 Å². The SMILES string of the molecule is CCC(OC(=O)c1cnccn1)C(=O)N(Cc1ccccc1)C1CC(=O)N(c2ccccc2)C1=O. The molecule has 0 spiro atoms. The first-order valence-electron chi connectivity index (χ1n) is 11.2. The highest BCUT2D eigenvalue weighted by atomic mass is 16.5. The maximum Gasteiger partial charge on any atom is 0.359 e. The van der Waals surface area contributed by atoms with E-state index in [1.165, 1.54) is 23.5 Å². The fraction of sp³-hybridized carbons (Fsp3) is 0.231. The van der Waals surface area contributed by atoms with Crippen molar-refractivity contribution >= 4 is 29.4 Å². The van der Waals surface area contributed by atoms with Crippen LogP contribution in [0.2, 0.25) is 0 Å². The van der Waals surface area contributed by atoms with Crippen LogP contribution in [0.25, 0.3) is 0 Å².